The maximum atomic E-state index is 12.5. The third-order valence-electron chi connectivity index (χ3n) is 3.18. The third-order valence-corrected chi connectivity index (χ3v) is 3.18. The van der Waals surface area contributed by atoms with Crippen LogP contribution in [0.4, 0.5) is 19.0 Å². The van der Waals surface area contributed by atoms with E-state index in [-0.39, 0.29) is 5.82 Å². The van der Waals surface area contributed by atoms with Gasteiger partial charge in [-0.2, -0.15) is 13.2 Å². The standard InChI is InChI=1S/C12H18F3N3/c1-3-11(4-2,8-16)18-10-7-5-6-9(17-10)12(13,14)15/h5-7H,3-4,8,16H2,1-2H3,(H,17,18). The van der Waals surface area contributed by atoms with E-state index in [0.717, 1.165) is 18.9 Å². The van der Waals surface area contributed by atoms with E-state index < -0.39 is 17.4 Å². The van der Waals surface area contributed by atoms with Crippen LogP contribution in [0.15, 0.2) is 18.2 Å². The highest BCUT2D eigenvalue weighted by molar-refractivity contribution is 5.39. The molecule has 6 heteroatoms. The minimum atomic E-state index is -4.43. The predicted molar refractivity (Wildman–Crippen MR) is 65.2 cm³/mol. The van der Waals surface area contributed by atoms with Crippen molar-refractivity contribution in [2.45, 2.75) is 38.4 Å². The summed E-state index contributed by atoms with van der Waals surface area (Å²) in [7, 11) is 0. The molecular formula is C12H18F3N3. The zero-order valence-corrected chi connectivity index (χ0v) is 10.5. The van der Waals surface area contributed by atoms with Crippen LogP contribution in [0.2, 0.25) is 0 Å². The van der Waals surface area contributed by atoms with Crippen molar-refractivity contribution >= 4 is 5.82 Å². The number of nitrogens with zero attached hydrogens (tertiary/aromatic N) is 1. The van der Waals surface area contributed by atoms with Gasteiger partial charge < -0.3 is 11.1 Å². The normalized spacial score (nSPS) is 12.6. The maximum absolute atomic E-state index is 12.5. The molecule has 0 spiro atoms. The number of halogens is 3. The van der Waals surface area contributed by atoms with Crippen LogP contribution in [0.3, 0.4) is 0 Å². The molecule has 1 aromatic heterocycles. The first kappa shape index (κ1) is 14.8. The second-order valence-electron chi connectivity index (χ2n) is 4.22. The van der Waals surface area contributed by atoms with E-state index in [9.17, 15) is 13.2 Å². The van der Waals surface area contributed by atoms with Crippen molar-refractivity contribution in [3.05, 3.63) is 23.9 Å². The van der Waals surface area contributed by atoms with Crippen LogP contribution in [0.1, 0.15) is 32.4 Å². The number of hydrogen-bond acceptors (Lipinski definition) is 3. The van der Waals surface area contributed by atoms with Crippen molar-refractivity contribution < 1.29 is 13.2 Å². The van der Waals surface area contributed by atoms with Crippen molar-refractivity contribution in [1.29, 1.82) is 0 Å². The van der Waals surface area contributed by atoms with E-state index in [4.69, 9.17) is 5.73 Å². The molecule has 1 aromatic rings. The molecule has 0 aromatic carbocycles. The van der Waals surface area contributed by atoms with Gasteiger partial charge in [-0.15, -0.1) is 0 Å². The molecule has 0 saturated carbocycles. The Morgan fingerprint density at radius 1 is 1.22 bits per heavy atom. The van der Waals surface area contributed by atoms with Gasteiger partial charge in [-0.1, -0.05) is 19.9 Å². The summed E-state index contributed by atoms with van der Waals surface area (Å²) in [6.07, 6.45) is -2.99. The SMILES string of the molecule is CCC(CC)(CN)Nc1cccc(C(F)(F)F)n1. The van der Waals surface area contributed by atoms with Crippen molar-refractivity contribution in [3.8, 4) is 0 Å². The molecule has 102 valence electrons. The largest absolute Gasteiger partial charge is 0.433 e. The number of rotatable bonds is 5. The lowest BCUT2D eigenvalue weighted by Crippen LogP contribution is -2.44. The highest BCUT2D eigenvalue weighted by atomic mass is 19.4. The Morgan fingerprint density at radius 2 is 1.83 bits per heavy atom. The smallest absolute Gasteiger partial charge is 0.363 e. The lowest BCUT2D eigenvalue weighted by Gasteiger charge is -2.32. The van der Waals surface area contributed by atoms with Crippen LogP contribution in [0.5, 0.6) is 0 Å². The second kappa shape index (κ2) is 5.56. The minimum Gasteiger partial charge on any atom is -0.363 e. The van der Waals surface area contributed by atoms with Crippen molar-refractivity contribution in [1.82, 2.24) is 4.98 Å². The number of aromatic nitrogens is 1. The van der Waals surface area contributed by atoms with Crippen LogP contribution >= 0.6 is 0 Å². The lowest BCUT2D eigenvalue weighted by atomic mass is 9.93. The Balaban J connectivity index is 2.98. The fourth-order valence-electron chi connectivity index (χ4n) is 1.70. The fraction of sp³-hybridized carbons (Fsp3) is 0.583. The highest BCUT2D eigenvalue weighted by Crippen LogP contribution is 2.29. The van der Waals surface area contributed by atoms with E-state index in [0.29, 0.717) is 6.54 Å². The molecule has 0 aliphatic rings. The van der Waals surface area contributed by atoms with Crippen molar-refractivity contribution in [3.63, 3.8) is 0 Å². The van der Waals surface area contributed by atoms with E-state index in [2.05, 4.69) is 10.3 Å². The van der Waals surface area contributed by atoms with E-state index >= 15 is 0 Å². The maximum Gasteiger partial charge on any atom is 0.433 e. The van der Waals surface area contributed by atoms with Gasteiger partial charge in [0.2, 0.25) is 0 Å². The van der Waals surface area contributed by atoms with Gasteiger partial charge in [-0.05, 0) is 25.0 Å². The number of nitrogens with one attached hydrogen (secondary N) is 1. The summed E-state index contributed by atoms with van der Waals surface area (Å²) in [4.78, 5) is 3.58. The molecule has 0 saturated heterocycles. The van der Waals surface area contributed by atoms with E-state index in [1.54, 1.807) is 0 Å². The number of anilines is 1. The number of pyridine rings is 1. The summed E-state index contributed by atoms with van der Waals surface area (Å²) in [6.45, 7) is 4.23. The first-order chi connectivity index (χ1) is 8.37. The summed E-state index contributed by atoms with van der Waals surface area (Å²) < 4.78 is 37.6. The molecule has 0 aliphatic carbocycles. The zero-order chi connectivity index (χ0) is 13.8. The Labute approximate surface area is 105 Å². The number of nitrogens with two attached hydrogens (primary N) is 1. The average Bonchev–Trinajstić information content (AvgIpc) is 2.35. The summed E-state index contributed by atoms with van der Waals surface area (Å²) >= 11 is 0. The van der Waals surface area contributed by atoms with Gasteiger partial charge in [0.15, 0.2) is 0 Å². The number of hydrogen-bond donors (Lipinski definition) is 2. The summed E-state index contributed by atoms with van der Waals surface area (Å²) in [5.74, 6) is 0.207. The van der Waals surface area contributed by atoms with Gasteiger partial charge in [0.05, 0.1) is 5.54 Å². The summed E-state index contributed by atoms with van der Waals surface area (Å²) in [5.41, 5.74) is 4.38. The first-order valence-corrected chi connectivity index (χ1v) is 5.89. The molecule has 0 unspecified atom stereocenters. The topological polar surface area (TPSA) is 50.9 Å². The molecule has 0 fully saturated rings. The highest BCUT2D eigenvalue weighted by Gasteiger charge is 2.33. The van der Waals surface area contributed by atoms with Crippen LogP contribution in [0, 0.1) is 0 Å². The predicted octanol–water partition coefficient (Wildman–Crippen LogP) is 3.03. The van der Waals surface area contributed by atoms with Gasteiger partial charge >= 0.3 is 6.18 Å². The van der Waals surface area contributed by atoms with Crippen LogP contribution < -0.4 is 11.1 Å². The molecule has 1 heterocycles. The van der Waals surface area contributed by atoms with Crippen molar-refractivity contribution in [2.75, 3.05) is 11.9 Å². The van der Waals surface area contributed by atoms with E-state index in [1.807, 2.05) is 13.8 Å². The van der Waals surface area contributed by atoms with Crippen LogP contribution in [0.25, 0.3) is 0 Å². The Hall–Kier alpha value is -1.30. The Bertz CT molecular complexity index is 378. The lowest BCUT2D eigenvalue weighted by molar-refractivity contribution is -0.141. The molecule has 18 heavy (non-hydrogen) atoms. The van der Waals surface area contributed by atoms with Gasteiger partial charge in [0, 0.05) is 6.54 Å². The van der Waals surface area contributed by atoms with Gasteiger partial charge in [0.1, 0.15) is 11.5 Å². The fourth-order valence-corrected chi connectivity index (χ4v) is 1.70. The molecule has 3 nitrogen and oxygen atoms in total. The molecule has 0 atom stereocenters. The van der Waals surface area contributed by atoms with Crippen molar-refractivity contribution in [2.24, 2.45) is 5.73 Å². The van der Waals surface area contributed by atoms with E-state index in [1.165, 1.54) is 12.1 Å². The quantitative estimate of drug-likeness (QED) is 0.856. The molecule has 0 amide bonds. The minimum absolute atomic E-state index is 0.207. The third kappa shape index (κ3) is 3.35. The van der Waals surface area contributed by atoms with Gasteiger partial charge in [-0.3, -0.25) is 0 Å². The zero-order valence-electron chi connectivity index (χ0n) is 10.5. The first-order valence-electron chi connectivity index (χ1n) is 5.89. The van der Waals surface area contributed by atoms with Crippen LogP contribution in [-0.4, -0.2) is 17.1 Å². The molecule has 1 rings (SSSR count). The average molecular weight is 261 g/mol. The molecule has 3 N–H and O–H groups in total. The molecule has 0 aliphatic heterocycles. The molecular weight excluding hydrogens is 243 g/mol. The molecule has 0 bridgehead atoms. The van der Waals surface area contributed by atoms with Gasteiger partial charge in [0.25, 0.3) is 0 Å². The van der Waals surface area contributed by atoms with Crippen LogP contribution in [-0.2, 0) is 6.18 Å². The monoisotopic (exact) mass is 261 g/mol. The summed E-state index contributed by atoms with van der Waals surface area (Å²) in [5, 5.41) is 3.02. The van der Waals surface area contributed by atoms with Gasteiger partial charge in [-0.25, -0.2) is 4.98 Å². The molecule has 0 radical (unpaired) electrons. The summed E-state index contributed by atoms with van der Waals surface area (Å²) in [6, 6.07) is 3.81. The Kier molecular flexibility index (Phi) is 4.56. The second-order valence-corrected chi connectivity index (χ2v) is 4.22. The Morgan fingerprint density at radius 3 is 2.28 bits per heavy atom. The number of alkyl halides is 3.